The van der Waals surface area contributed by atoms with E-state index in [1.54, 1.807) is 12.1 Å². The van der Waals surface area contributed by atoms with E-state index in [-0.39, 0.29) is 45.5 Å². The number of pyridine rings is 2. The van der Waals surface area contributed by atoms with Gasteiger partial charge in [-0.3, -0.25) is 19.4 Å². The lowest BCUT2D eigenvalue weighted by Gasteiger charge is -2.15. The third-order valence-electron chi connectivity index (χ3n) is 4.04. The van der Waals surface area contributed by atoms with Gasteiger partial charge in [0.25, 0.3) is 5.56 Å². The molecule has 140 valence electrons. The second kappa shape index (κ2) is 6.66. The van der Waals surface area contributed by atoms with E-state index in [4.69, 9.17) is 0 Å². The van der Waals surface area contributed by atoms with E-state index in [2.05, 4.69) is 15.2 Å². The van der Waals surface area contributed by atoms with Crippen LogP contribution in [-0.2, 0) is 6.54 Å². The molecular weight excluding hydrogens is 388 g/mol. The number of nitrogens with zero attached hydrogens (tertiary/aromatic N) is 3. The summed E-state index contributed by atoms with van der Waals surface area (Å²) >= 11 is 0. The summed E-state index contributed by atoms with van der Waals surface area (Å²) in [5.41, 5.74) is -0.451. The van der Waals surface area contributed by atoms with Gasteiger partial charge in [-0.2, -0.15) is 18.3 Å². The van der Waals surface area contributed by atoms with E-state index >= 15 is 0 Å². The van der Waals surface area contributed by atoms with Crippen molar-refractivity contribution < 1.29 is 17.6 Å². The molecule has 10 heteroatoms. The Hall–Kier alpha value is -2.94. The van der Waals surface area contributed by atoms with E-state index in [9.17, 15) is 22.4 Å². The van der Waals surface area contributed by atoms with E-state index in [0.29, 0.717) is 4.57 Å². The zero-order valence-corrected chi connectivity index (χ0v) is 14.2. The maximum atomic E-state index is 14.6. The van der Waals surface area contributed by atoms with Crippen LogP contribution >= 0.6 is 12.4 Å². The largest absolute Gasteiger partial charge is 0.406 e. The molecule has 3 heterocycles. The first-order chi connectivity index (χ1) is 12.3. The van der Waals surface area contributed by atoms with E-state index < -0.39 is 24.1 Å². The van der Waals surface area contributed by atoms with Crippen LogP contribution in [0.5, 0.6) is 0 Å². The van der Waals surface area contributed by atoms with Crippen molar-refractivity contribution in [3.05, 3.63) is 58.9 Å². The van der Waals surface area contributed by atoms with Gasteiger partial charge in [-0.05, 0) is 24.3 Å². The summed E-state index contributed by atoms with van der Waals surface area (Å²) in [6, 6.07) is 7.10. The van der Waals surface area contributed by atoms with Crippen LogP contribution in [0.3, 0.4) is 0 Å². The number of aromatic nitrogens is 4. The molecular formula is C17H11ClF4N4O. The van der Waals surface area contributed by atoms with Crippen molar-refractivity contribution in [1.82, 2.24) is 19.7 Å². The molecule has 0 aliphatic heterocycles. The summed E-state index contributed by atoms with van der Waals surface area (Å²) < 4.78 is 54.2. The number of hydrogen-bond acceptors (Lipinski definition) is 3. The van der Waals surface area contributed by atoms with Crippen molar-refractivity contribution in [3.8, 4) is 11.3 Å². The maximum Gasteiger partial charge on any atom is 0.406 e. The minimum Gasteiger partial charge on any atom is -0.298 e. The molecule has 0 unspecified atom stereocenters. The number of nitrogens with one attached hydrogen (secondary N) is 1. The summed E-state index contributed by atoms with van der Waals surface area (Å²) in [6.07, 6.45) is -2.04. The Morgan fingerprint density at radius 2 is 1.93 bits per heavy atom. The molecule has 4 rings (SSSR count). The minimum atomic E-state index is -4.62. The summed E-state index contributed by atoms with van der Waals surface area (Å²) in [6.45, 7) is -1.49. The second-order valence-electron chi connectivity index (χ2n) is 5.73. The van der Waals surface area contributed by atoms with Crippen molar-refractivity contribution >= 4 is 34.2 Å². The number of H-pyrrole nitrogens is 1. The molecule has 0 aliphatic carbocycles. The number of hydrogen-bond donors (Lipinski definition) is 1. The van der Waals surface area contributed by atoms with Crippen LogP contribution in [0.1, 0.15) is 0 Å². The fraction of sp³-hybridized carbons (Fsp3) is 0.118. The molecule has 0 aliphatic rings. The van der Waals surface area contributed by atoms with Crippen LogP contribution in [0.25, 0.3) is 33.1 Å². The Bertz CT molecular complexity index is 1180. The summed E-state index contributed by atoms with van der Waals surface area (Å²) in [7, 11) is 0. The molecule has 1 aromatic carbocycles. The minimum absolute atomic E-state index is 0. The first-order valence-electron chi connectivity index (χ1n) is 7.52. The number of benzene rings is 1. The molecule has 0 atom stereocenters. The van der Waals surface area contributed by atoms with Crippen molar-refractivity contribution in [2.45, 2.75) is 12.7 Å². The molecule has 1 N–H and O–H groups in total. The Labute approximate surface area is 155 Å². The second-order valence-corrected chi connectivity index (χ2v) is 5.73. The maximum absolute atomic E-state index is 14.6. The summed E-state index contributed by atoms with van der Waals surface area (Å²) in [4.78, 5) is 16.5. The van der Waals surface area contributed by atoms with Crippen molar-refractivity contribution in [3.63, 3.8) is 0 Å². The molecule has 0 saturated heterocycles. The van der Waals surface area contributed by atoms with E-state index in [1.807, 2.05) is 0 Å². The highest BCUT2D eigenvalue weighted by Crippen LogP contribution is 2.30. The average Bonchev–Trinajstić information content (AvgIpc) is 3.08. The van der Waals surface area contributed by atoms with Gasteiger partial charge in [0.1, 0.15) is 12.4 Å². The summed E-state index contributed by atoms with van der Waals surface area (Å²) in [5, 5.41) is 6.36. The lowest BCUT2D eigenvalue weighted by atomic mass is 10.1. The smallest absolute Gasteiger partial charge is 0.298 e. The van der Waals surface area contributed by atoms with Crippen molar-refractivity contribution in [1.29, 1.82) is 0 Å². The molecule has 0 spiro atoms. The Kier molecular flexibility index (Phi) is 4.64. The lowest BCUT2D eigenvalue weighted by molar-refractivity contribution is -0.140. The fourth-order valence-electron chi connectivity index (χ4n) is 2.95. The van der Waals surface area contributed by atoms with Crippen LogP contribution in [-0.4, -0.2) is 25.9 Å². The van der Waals surface area contributed by atoms with Gasteiger partial charge in [0.2, 0.25) is 0 Å². The van der Waals surface area contributed by atoms with Crippen LogP contribution < -0.4 is 5.56 Å². The van der Waals surface area contributed by atoms with E-state index in [1.165, 1.54) is 18.3 Å². The lowest BCUT2D eigenvalue weighted by Crippen LogP contribution is -2.28. The highest BCUT2D eigenvalue weighted by Gasteiger charge is 2.30. The van der Waals surface area contributed by atoms with Crippen molar-refractivity contribution in [2.24, 2.45) is 0 Å². The third-order valence-corrected chi connectivity index (χ3v) is 4.04. The molecule has 0 fully saturated rings. The quantitative estimate of drug-likeness (QED) is 0.518. The number of alkyl halides is 3. The standard InChI is InChI=1S/C17H10F4N4O.ClH/c18-12-5-10-14(6-9(12)13-3-1-2-4-22-13)25(8-17(19,20)21)16(26)11-7-23-24-15(10)11;/h1-7H,8H2,(H,23,24);1H. The predicted octanol–water partition coefficient (Wildman–Crippen LogP) is 4.06. The Balaban J connectivity index is 0.00000210. The average molecular weight is 399 g/mol. The SMILES string of the molecule is Cl.O=c1c2cn[nH]c2c2cc(F)c(-c3ccccn3)cc2n1CC(F)(F)F. The van der Waals surface area contributed by atoms with Crippen LogP contribution in [0.4, 0.5) is 17.6 Å². The molecule has 0 radical (unpaired) electrons. The zero-order valence-electron chi connectivity index (χ0n) is 13.4. The number of halogens is 5. The number of rotatable bonds is 2. The highest BCUT2D eigenvalue weighted by atomic mass is 35.5. The van der Waals surface area contributed by atoms with Gasteiger partial charge >= 0.3 is 6.18 Å². The molecule has 5 nitrogen and oxygen atoms in total. The Morgan fingerprint density at radius 3 is 2.59 bits per heavy atom. The number of aromatic amines is 1. The molecule has 27 heavy (non-hydrogen) atoms. The molecule has 0 saturated carbocycles. The molecule has 4 aromatic rings. The van der Waals surface area contributed by atoms with Gasteiger partial charge in [0.05, 0.1) is 28.3 Å². The third kappa shape index (κ3) is 3.25. The van der Waals surface area contributed by atoms with Gasteiger partial charge in [-0.25, -0.2) is 4.39 Å². The van der Waals surface area contributed by atoms with Gasteiger partial charge in [0.15, 0.2) is 0 Å². The topological polar surface area (TPSA) is 63.6 Å². The first-order valence-corrected chi connectivity index (χ1v) is 7.52. The highest BCUT2D eigenvalue weighted by molar-refractivity contribution is 6.04. The molecule has 3 aromatic heterocycles. The van der Waals surface area contributed by atoms with Crippen LogP contribution in [0.2, 0.25) is 0 Å². The van der Waals surface area contributed by atoms with Gasteiger partial charge in [-0.1, -0.05) is 6.07 Å². The van der Waals surface area contributed by atoms with Gasteiger partial charge in [-0.15, -0.1) is 12.4 Å². The number of fused-ring (bicyclic) bond motifs is 3. The fourth-order valence-corrected chi connectivity index (χ4v) is 2.95. The van der Waals surface area contributed by atoms with Crippen LogP contribution in [0, 0.1) is 5.82 Å². The normalized spacial score (nSPS) is 11.7. The van der Waals surface area contributed by atoms with Crippen LogP contribution in [0.15, 0.2) is 47.5 Å². The monoisotopic (exact) mass is 398 g/mol. The summed E-state index contributed by atoms with van der Waals surface area (Å²) in [5.74, 6) is -0.663. The molecule has 0 amide bonds. The zero-order chi connectivity index (χ0) is 18.5. The van der Waals surface area contributed by atoms with Gasteiger partial charge < -0.3 is 0 Å². The van der Waals surface area contributed by atoms with Crippen molar-refractivity contribution in [2.75, 3.05) is 0 Å². The Morgan fingerprint density at radius 1 is 1.15 bits per heavy atom. The first kappa shape index (κ1) is 18.8. The predicted molar refractivity (Wildman–Crippen MR) is 94.4 cm³/mol. The van der Waals surface area contributed by atoms with E-state index in [0.717, 1.165) is 12.3 Å². The van der Waals surface area contributed by atoms with Gasteiger partial charge in [0, 0.05) is 17.1 Å². The molecule has 0 bridgehead atoms.